The number of carbonyl (C=O) groups is 1. The number of hydrogen-bond acceptors (Lipinski definition) is 4. The van der Waals surface area contributed by atoms with Crippen LogP contribution in [0, 0.1) is 6.92 Å². The van der Waals surface area contributed by atoms with Crippen molar-refractivity contribution in [3.63, 3.8) is 0 Å². The van der Waals surface area contributed by atoms with Crippen LogP contribution in [0.3, 0.4) is 0 Å². The van der Waals surface area contributed by atoms with E-state index in [4.69, 9.17) is 0 Å². The van der Waals surface area contributed by atoms with Gasteiger partial charge in [0, 0.05) is 50.5 Å². The molecule has 0 spiro atoms. The molecule has 1 N–H and O–H groups in total. The molecule has 3 heterocycles. The van der Waals surface area contributed by atoms with Crippen LogP contribution in [0.25, 0.3) is 0 Å². The van der Waals surface area contributed by atoms with Crippen LogP contribution in [0.1, 0.15) is 16.1 Å². The highest BCUT2D eigenvalue weighted by molar-refractivity contribution is 5.92. The summed E-state index contributed by atoms with van der Waals surface area (Å²) in [5, 5.41) is 6.55. The van der Waals surface area contributed by atoms with Gasteiger partial charge in [-0.1, -0.05) is 0 Å². The van der Waals surface area contributed by atoms with Crippen molar-refractivity contribution < 1.29 is 4.79 Å². The number of nitrogens with zero attached hydrogens (tertiary/aromatic N) is 4. The van der Waals surface area contributed by atoms with Gasteiger partial charge in [0.1, 0.15) is 5.69 Å². The first-order chi connectivity index (χ1) is 9.75. The van der Waals surface area contributed by atoms with Crippen LogP contribution in [0.4, 0.5) is 5.69 Å². The van der Waals surface area contributed by atoms with Gasteiger partial charge in [-0.05, 0) is 24.6 Å². The Bertz CT molecular complexity index is 587. The predicted molar refractivity (Wildman–Crippen MR) is 75.7 cm³/mol. The van der Waals surface area contributed by atoms with Gasteiger partial charge < -0.3 is 9.80 Å². The summed E-state index contributed by atoms with van der Waals surface area (Å²) < 4.78 is 0. The number of nitrogens with one attached hydrogen (secondary N) is 1. The summed E-state index contributed by atoms with van der Waals surface area (Å²) in [7, 11) is 0. The number of rotatable bonds is 2. The Kier molecular flexibility index (Phi) is 3.37. The molecule has 0 atom stereocenters. The van der Waals surface area contributed by atoms with Gasteiger partial charge in [0.15, 0.2) is 0 Å². The maximum Gasteiger partial charge on any atom is 0.271 e. The second-order valence-corrected chi connectivity index (χ2v) is 4.91. The molecule has 0 radical (unpaired) electrons. The number of pyridine rings is 1. The average molecular weight is 271 g/mol. The van der Waals surface area contributed by atoms with Gasteiger partial charge in [0.2, 0.25) is 0 Å². The van der Waals surface area contributed by atoms with Crippen molar-refractivity contribution in [3.8, 4) is 0 Å². The summed E-state index contributed by atoms with van der Waals surface area (Å²) in [5.41, 5.74) is 2.92. The SMILES string of the molecule is Cc1cnccc1N1CCN(C(=O)c2ccn[nH]2)CC1. The second-order valence-electron chi connectivity index (χ2n) is 4.91. The summed E-state index contributed by atoms with van der Waals surface area (Å²) in [4.78, 5) is 20.5. The Morgan fingerprint density at radius 2 is 2.00 bits per heavy atom. The molecule has 0 aromatic carbocycles. The fourth-order valence-corrected chi connectivity index (χ4v) is 2.52. The number of aromatic nitrogens is 3. The number of piperazine rings is 1. The number of amides is 1. The summed E-state index contributed by atoms with van der Waals surface area (Å²) in [5.74, 6) is 0.0219. The van der Waals surface area contributed by atoms with Gasteiger partial charge in [-0.3, -0.25) is 14.9 Å². The smallest absolute Gasteiger partial charge is 0.271 e. The van der Waals surface area contributed by atoms with Crippen molar-refractivity contribution in [1.82, 2.24) is 20.1 Å². The van der Waals surface area contributed by atoms with E-state index in [0.29, 0.717) is 5.69 Å². The van der Waals surface area contributed by atoms with Crippen LogP contribution >= 0.6 is 0 Å². The third kappa shape index (κ3) is 2.36. The van der Waals surface area contributed by atoms with Crippen LogP contribution in [0.5, 0.6) is 0 Å². The van der Waals surface area contributed by atoms with Crippen LogP contribution in [-0.4, -0.2) is 52.2 Å². The zero-order valence-corrected chi connectivity index (χ0v) is 11.4. The van der Waals surface area contributed by atoms with Gasteiger partial charge >= 0.3 is 0 Å². The molecule has 0 saturated carbocycles. The Morgan fingerprint density at radius 1 is 1.20 bits per heavy atom. The van der Waals surface area contributed by atoms with Crippen LogP contribution in [-0.2, 0) is 0 Å². The number of aromatic amines is 1. The van der Waals surface area contributed by atoms with E-state index >= 15 is 0 Å². The van der Waals surface area contributed by atoms with Crippen molar-refractivity contribution in [3.05, 3.63) is 42.0 Å². The van der Waals surface area contributed by atoms with Crippen LogP contribution < -0.4 is 4.90 Å². The zero-order valence-electron chi connectivity index (χ0n) is 11.4. The maximum absolute atomic E-state index is 12.2. The minimum Gasteiger partial charge on any atom is -0.368 e. The molecule has 1 aliphatic rings. The Labute approximate surface area is 117 Å². The number of H-pyrrole nitrogens is 1. The summed E-state index contributed by atoms with van der Waals surface area (Å²) >= 11 is 0. The number of hydrogen-bond donors (Lipinski definition) is 1. The third-order valence-corrected chi connectivity index (χ3v) is 3.63. The minimum absolute atomic E-state index is 0.0219. The largest absolute Gasteiger partial charge is 0.368 e. The average Bonchev–Trinajstić information content (AvgIpc) is 3.01. The van der Waals surface area contributed by atoms with Gasteiger partial charge in [-0.25, -0.2) is 0 Å². The predicted octanol–water partition coefficient (Wildman–Crippen LogP) is 1.08. The number of aryl methyl sites for hydroxylation is 1. The fourth-order valence-electron chi connectivity index (χ4n) is 2.52. The molecule has 20 heavy (non-hydrogen) atoms. The molecule has 1 aliphatic heterocycles. The first kappa shape index (κ1) is 12.7. The van der Waals surface area contributed by atoms with E-state index in [1.807, 2.05) is 23.4 Å². The van der Waals surface area contributed by atoms with Gasteiger partial charge in [-0.15, -0.1) is 0 Å². The molecule has 0 unspecified atom stereocenters. The molecule has 2 aromatic heterocycles. The lowest BCUT2D eigenvalue weighted by atomic mass is 10.2. The van der Waals surface area contributed by atoms with Gasteiger partial charge in [-0.2, -0.15) is 5.10 Å². The topological polar surface area (TPSA) is 65.1 Å². The van der Waals surface area contributed by atoms with Crippen molar-refractivity contribution >= 4 is 11.6 Å². The Balaban J connectivity index is 1.65. The highest BCUT2D eigenvalue weighted by Gasteiger charge is 2.23. The van der Waals surface area contributed by atoms with Gasteiger partial charge in [0.25, 0.3) is 5.91 Å². The molecule has 6 nitrogen and oxygen atoms in total. The zero-order chi connectivity index (χ0) is 13.9. The molecule has 0 aliphatic carbocycles. The minimum atomic E-state index is 0.0219. The molecule has 1 amide bonds. The van der Waals surface area contributed by atoms with Crippen LogP contribution in [0.15, 0.2) is 30.7 Å². The summed E-state index contributed by atoms with van der Waals surface area (Å²) in [6, 6.07) is 3.74. The Hall–Kier alpha value is -2.37. The normalized spacial score (nSPS) is 15.4. The van der Waals surface area contributed by atoms with Gasteiger partial charge in [0.05, 0.1) is 0 Å². The molecule has 1 saturated heterocycles. The van der Waals surface area contributed by atoms with Crippen molar-refractivity contribution in [1.29, 1.82) is 0 Å². The van der Waals surface area contributed by atoms with Crippen molar-refractivity contribution in [2.75, 3.05) is 31.1 Å². The summed E-state index contributed by atoms with van der Waals surface area (Å²) in [6.07, 6.45) is 5.28. The van der Waals surface area contributed by atoms with E-state index in [1.54, 1.807) is 12.3 Å². The van der Waals surface area contributed by atoms with E-state index in [-0.39, 0.29) is 5.91 Å². The molecule has 1 fully saturated rings. The van der Waals surface area contributed by atoms with Crippen LogP contribution in [0.2, 0.25) is 0 Å². The maximum atomic E-state index is 12.2. The van der Waals surface area contributed by atoms with E-state index in [2.05, 4.69) is 27.0 Å². The second kappa shape index (κ2) is 5.32. The third-order valence-electron chi connectivity index (χ3n) is 3.63. The molecule has 2 aromatic rings. The molecule has 6 heteroatoms. The summed E-state index contributed by atoms with van der Waals surface area (Å²) in [6.45, 7) is 5.18. The monoisotopic (exact) mass is 271 g/mol. The van der Waals surface area contributed by atoms with Crippen molar-refractivity contribution in [2.45, 2.75) is 6.92 Å². The van der Waals surface area contributed by atoms with Crippen molar-refractivity contribution in [2.24, 2.45) is 0 Å². The Morgan fingerprint density at radius 3 is 2.65 bits per heavy atom. The quantitative estimate of drug-likeness (QED) is 0.887. The first-order valence-corrected chi connectivity index (χ1v) is 6.70. The van der Waals surface area contributed by atoms with E-state index in [9.17, 15) is 4.79 Å². The van der Waals surface area contributed by atoms with E-state index in [0.717, 1.165) is 26.2 Å². The highest BCUT2D eigenvalue weighted by atomic mass is 16.2. The number of carbonyl (C=O) groups excluding carboxylic acids is 1. The van der Waals surface area contributed by atoms with E-state index in [1.165, 1.54) is 11.3 Å². The lowest BCUT2D eigenvalue weighted by Gasteiger charge is -2.36. The molecule has 3 rings (SSSR count). The molecule has 0 bridgehead atoms. The van der Waals surface area contributed by atoms with E-state index < -0.39 is 0 Å². The standard InChI is InChI=1S/C14H17N5O/c1-11-10-15-4-3-13(11)18-6-8-19(9-7-18)14(20)12-2-5-16-17-12/h2-5,10H,6-9H2,1H3,(H,16,17). The molecular formula is C14H17N5O. The lowest BCUT2D eigenvalue weighted by Crippen LogP contribution is -2.49. The number of anilines is 1. The fraction of sp³-hybridized carbons (Fsp3) is 0.357. The lowest BCUT2D eigenvalue weighted by molar-refractivity contribution is 0.0741. The molecular weight excluding hydrogens is 254 g/mol. The first-order valence-electron chi connectivity index (χ1n) is 6.70. The molecule has 104 valence electrons. The highest BCUT2D eigenvalue weighted by Crippen LogP contribution is 2.20.